The number of rotatable bonds is 5. The molecule has 0 radical (unpaired) electrons. The van der Waals surface area contributed by atoms with E-state index in [0.29, 0.717) is 24.6 Å². The Labute approximate surface area is 143 Å². The van der Waals surface area contributed by atoms with Gasteiger partial charge >= 0.3 is 5.97 Å². The van der Waals surface area contributed by atoms with Gasteiger partial charge in [0, 0.05) is 13.1 Å². The van der Waals surface area contributed by atoms with E-state index < -0.39 is 17.5 Å². The van der Waals surface area contributed by atoms with Gasteiger partial charge in [-0.05, 0) is 50.3 Å². The Bertz CT molecular complexity index is 640. The van der Waals surface area contributed by atoms with E-state index in [4.69, 9.17) is 4.74 Å². The number of likely N-dealkylation sites (tertiary alicyclic amines) is 1. The first-order valence-corrected chi connectivity index (χ1v) is 8.43. The van der Waals surface area contributed by atoms with Crippen molar-refractivity contribution in [2.24, 2.45) is 5.41 Å². The number of hydrogen-bond acceptors (Lipinski definition) is 3. The average molecular weight is 333 g/mol. The number of benzene rings is 1. The quantitative estimate of drug-likeness (QED) is 0.898. The van der Waals surface area contributed by atoms with Crippen molar-refractivity contribution in [2.45, 2.75) is 53.1 Å². The maximum atomic E-state index is 12.6. The zero-order valence-electron chi connectivity index (χ0n) is 15.1. The topological polar surface area (TPSA) is 66.8 Å². The van der Waals surface area contributed by atoms with E-state index in [1.807, 2.05) is 19.1 Å². The normalized spacial score (nSPS) is 21.8. The molecule has 1 heterocycles. The molecule has 2 unspecified atom stereocenters. The largest absolute Gasteiger partial charge is 0.481 e. The Morgan fingerprint density at radius 1 is 1.29 bits per heavy atom. The fourth-order valence-electron chi connectivity index (χ4n) is 2.92. The molecule has 1 aromatic carbocycles. The number of amides is 1. The second-order valence-electron chi connectivity index (χ2n) is 7.32. The highest BCUT2D eigenvalue weighted by molar-refractivity contribution is 5.83. The van der Waals surface area contributed by atoms with Gasteiger partial charge in [-0.2, -0.15) is 0 Å². The van der Waals surface area contributed by atoms with Crippen molar-refractivity contribution < 1.29 is 19.4 Å². The summed E-state index contributed by atoms with van der Waals surface area (Å²) in [4.78, 5) is 25.5. The monoisotopic (exact) mass is 333 g/mol. The molecule has 1 amide bonds. The number of carbonyl (C=O) groups excluding carboxylic acids is 1. The Morgan fingerprint density at radius 2 is 1.96 bits per heavy atom. The van der Waals surface area contributed by atoms with Crippen LogP contribution in [0.25, 0.3) is 0 Å². The van der Waals surface area contributed by atoms with Gasteiger partial charge in [0.2, 0.25) is 0 Å². The summed E-state index contributed by atoms with van der Waals surface area (Å²) in [5, 5.41) is 9.30. The molecule has 0 aliphatic carbocycles. The summed E-state index contributed by atoms with van der Waals surface area (Å²) < 4.78 is 5.90. The molecule has 1 aliphatic heterocycles. The number of aliphatic carboxylic acids is 1. The van der Waals surface area contributed by atoms with Crippen molar-refractivity contribution in [3.63, 3.8) is 0 Å². The van der Waals surface area contributed by atoms with Gasteiger partial charge in [0.05, 0.1) is 5.41 Å². The number of carboxylic acid groups (broad SMARTS) is 1. The van der Waals surface area contributed by atoms with Crippen LogP contribution in [0.4, 0.5) is 0 Å². The van der Waals surface area contributed by atoms with Gasteiger partial charge in [0.1, 0.15) is 5.75 Å². The maximum Gasteiger partial charge on any atom is 0.311 e. The van der Waals surface area contributed by atoms with Crippen molar-refractivity contribution >= 4 is 11.9 Å². The summed E-state index contributed by atoms with van der Waals surface area (Å²) in [5.74, 6) is 0.0808. The predicted molar refractivity (Wildman–Crippen MR) is 92.3 cm³/mol. The predicted octanol–water partition coefficient (Wildman–Crippen LogP) is 3.21. The van der Waals surface area contributed by atoms with Gasteiger partial charge in [0.25, 0.3) is 5.91 Å². The van der Waals surface area contributed by atoms with E-state index in [2.05, 4.69) is 19.9 Å². The standard InChI is InChI=1S/C19H27NO4/c1-12(2)15-7-6-13(3)16(10-15)24-14(4)17(21)20-9-8-19(5,11-20)18(22)23/h6-7,10,12,14H,8-9,11H2,1-5H3,(H,22,23). The van der Waals surface area contributed by atoms with Crippen molar-refractivity contribution in [3.8, 4) is 5.75 Å². The number of nitrogens with zero attached hydrogens (tertiary/aromatic N) is 1. The molecule has 1 aliphatic rings. The molecule has 0 aromatic heterocycles. The fourth-order valence-corrected chi connectivity index (χ4v) is 2.92. The number of carbonyl (C=O) groups is 2. The van der Waals surface area contributed by atoms with Crippen molar-refractivity contribution in [1.29, 1.82) is 0 Å². The molecule has 0 spiro atoms. The van der Waals surface area contributed by atoms with E-state index >= 15 is 0 Å². The van der Waals surface area contributed by atoms with Gasteiger partial charge in [-0.25, -0.2) is 0 Å². The molecule has 1 N–H and O–H groups in total. The van der Waals surface area contributed by atoms with E-state index in [1.54, 1.807) is 18.7 Å². The minimum Gasteiger partial charge on any atom is -0.481 e. The average Bonchev–Trinajstić information content (AvgIpc) is 2.92. The zero-order valence-corrected chi connectivity index (χ0v) is 15.1. The molecule has 2 rings (SSSR count). The molecule has 24 heavy (non-hydrogen) atoms. The summed E-state index contributed by atoms with van der Waals surface area (Å²) >= 11 is 0. The minimum absolute atomic E-state index is 0.158. The summed E-state index contributed by atoms with van der Waals surface area (Å²) in [6.07, 6.45) is -0.162. The van der Waals surface area contributed by atoms with Crippen LogP contribution in [0.1, 0.15) is 51.2 Å². The van der Waals surface area contributed by atoms with Crippen LogP contribution in [-0.4, -0.2) is 41.1 Å². The Kier molecular flexibility index (Phi) is 5.21. The summed E-state index contributed by atoms with van der Waals surface area (Å²) in [7, 11) is 0. The Hall–Kier alpha value is -2.04. The maximum absolute atomic E-state index is 12.6. The van der Waals surface area contributed by atoms with Gasteiger partial charge in [-0.3, -0.25) is 9.59 Å². The van der Waals surface area contributed by atoms with Crippen LogP contribution in [-0.2, 0) is 9.59 Å². The highest BCUT2D eigenvalue weighted by Crippen LogP contribution is 2.31. The molecule has 0 bridgehead atoms. The molecule has 1 aromatic rings. The highest BCUT2D eigenvalue weighted by atomic mass is 16.5. The lowest BCUT2D eigenvalue weighted by atomic mass is 9.90. The molecular formula is C19H27NO4. The van der Waals surface area contributed by atoms with Gasteiger partial charge in [-0.1, -0.05) is 26.0 Å². The first kappa shape index (κ1) is 18.3. The first-order valence-electron chi connectivity index (χ1n) is 8.43. The van der Waals surface area contributed by atoms with Crippen LogP contribution in [0.5, 0.6) is 5.75 Å². The number of carboxylic acids is 1. The van der Waals surface area contributed by atoms with Crippen LogP contribution < -0.4 is 4.74 Å². The first-order chi connectivity index (χ1) is 11.1. The van der Waals surface area contributed by atoms with Crippen LogP contribution in [0.15, 0.2) is 18.2 Å². The smallest absolute Gasteiger partial charge is 0.311 e. The third kappa shape index (κ3) is 3.71. The van der Waals surface area contributed by atoms with Crippen molar-refractivity contribution in [3.05, 3.63) is 29.3 Å². The van der Waals surface area contributed by atoms with Crippen LogP contribution in [0, 0.1) is 12.3 Å². The van der Waals surface area contributed by atoms with Crippen LogP contribution in [0.2, 0.25) is 0 Å². The molecule has 132 valence electrons. The second kappa shape index (κ2) is 6.83. The number of aryl methyl sites for hydroxylation is 1. The highest BCUT2D eigenvalue weighted by Gasteiger charge is 2.43. The molecule has 0 saturated carbocycles. The molecule has 2 atom stereocenters. The third-order valence-corrected chi connectivity index (χ3v) is 4.83. The second-order valence-corrected chi connectivity index (χ2v) is 7.32. The van der Waals surface area contributed by atoms with E-state index in [9.17, 15) is 14.7 Å². The molecule has 1 saturated heterocycles. The number of hydrogen-bond donors (Lipinski definition) is 1. The summed E-state index contributed by atoms with van der Waals surface area (Å²) in [6, 6.07) is 6.05. The van der Waals surface area contributed by atoms with Gasteiger partial charge in [0.15, 0.2) is 6.10 Å². The van der Waals surface area contributed by atoms with E-state index in [1.165, 1.54) is 0 Å². The summed E-state index contributed by atoms with van der Waals surface area (Å²) in [6.45, 7) is 10.3. The number of ether oxygens (including phenoxy) is 1. The Balaban J connectivity index is 2.08. The summed E-state index contributed by atoms with van der Waals surface area (Å²) in [5.41, 5.74) is 1.29. The lowest BCUT2D eigenvalue weighted by Crippen LogP contribution is -2.41. The van der Waals surface area contributed by atoms with E-state index in [0.717, 1.165) is 11.1 Å². The van der Waals surface area contributed by atoms with Gasteiger partial charge in [-0.15, -0.1) is 0 Å². The molecule has 5 nitrogen and oxygen atoms in total. The van der Waals surface area contributed by atoms with Crippen molar-refractivity contribution in [1.82, 2.24) is 4.90 Å². The minimum atomic E-state index is -0.858. The molecule has 1 fully saturated rings. The lowest BCUT2D eigenvalue weighted by molar-refractivity contribution is -0.147. The SMILES string of the molecule is Cc1ccc(C(C)C)cc1OC(C)C(=O)N1CCC(C)(C(=O)O)C1. The van der Waals surface area contributed by atoms with Gasteiger partial charge < -0.3 is 14.7 Å². The zero-order chi connectivity index (χ0) is 18.1. The Morgan fingerprint density at radius 3 is 2.50 bits per heavy atom. The molecule has 5 heteroatoms. The van der Waals surface area contributed by atoms with Crippen LogP contribution in [0.3, 0.4) is 0 Å². The fraction of sp³-hybridized carbons (Fsp3) is 0.579. The lowest BCUT2D eigenvalue weighted by Gasteiger charge is -2.24. The van der Waals surface area contributed by atoms with E-state index in [-0.39, 0.29) is 12.5 Å². The molecular weight excluding hydrogens is 306 g/mol. The third-order valence-electron chi connectivity index (χ3n) is 4.83. The van der Waals surface area contributed by atoms with Crippen LogP contribution >= 0.6 is 0 Å². The van der Waals surface area contributed by atoms with Crippen molar-refractivity contribution in [2.75, 3.05) is 13.1 Å².